The van der Waals surface area contributed by atoms with Crippen molar-refractivity contribution in [1.82, 2.24) is 5.32 Å². The zero-order valence-corrected chi connectivity index (χ0v) is 11.0. The second-order valence-electron chi connectivity index (χ2n) is 3.85. The van der Waals surface area contributed by atoms with E-state index in [2.05, 4.69) is 5.32 Å². The van der Waals surface area contributed by atoms with Gasteiger partial charge in [-0.25, -0.2) is 4.39 Å². The van der Waals surface area contributed by atoms with Crippen LogP contribution in [-0.4, -0.2) is 0 Å². The minimum atomic E-state index is -0.203. The summed E-state index contributed by atoms with van der Waals surface area (Å²) in [7, 11) is 0. The van der Waals surface area contributed by atoms with Crippen LogP contribution in [0.3, 0.4) is 0 Å². The van der Waals surface area contributed by atoms with E-state index in [1.54, 1.807) is 23.5 Å². The van der Waals surface area contributed by atoms with E-state index >= 15 is 0 Å². The first-order valence-electron chi connectivity index (χ1n) is 5.37. The van der Waals surface area contributed by atoms with Gasteiger partial charge >= 0.3 is 0 Å². The van der Waals surface area contributed by atoms with Gasteiger partial charge in [-0.1, -0.05) is 23.7 Å². The maximum absolute atomic E-state index is 13.1. The molecule has 1 aromatic heterocycles. The molecule has 0 aliphatic carbocycles. The highest BCUT2D eigenvalue weighted by Gasteiger charge is 2.07. The molecule has 0 aliphatic rings. The molecule has 1 atom stereocenters. The summed E-state index contributed by atoms with van der Waals surface area (Å²) >= 11 is 7.63. The van der Waals surface area contributed by atoms with Gasteiger partial charge in [0.25, 0.3) is 0 Å². The van der Waals surface area contributed by atoms with Gasteiger partial charge in [0, 0.05) is 17.5 Å². The van der Waals surface area contributed by atoms with Crippen molar-refractivity contribution in [3.05, 3.63) is 57.0 Å². The predicted octanol–water partition coefficient (Wildman–Crippen LogP) is 4.39. The van der Waals surface area contributed by atoms with E-state index in [-0.39, 0.29) is 11.9 Å². The smallest absolute Gasteiger partial charge is 0.123 e. The van der Waals surface area contributed by atoms with Gasteiger partial charge in [0.2, 0.25) is 0 Å². The number of rotatable bonds is 4. The molecule has 0 bridgehead atoms. The standard InChI is InChI=1S/C13H13ClFNS/c1-9(10-3-2-4-11(15)7-10)16-8-13-12(14)5-6-17-13/h2-7,9,16H,8H2,1H3. The largest absolute Gasteiger partial charge is 0.305 e. The Morgan fingerprint density at radius 1 is 1.41 bits per heavy atom. The molecule has 4 heteroatoms. The van der Waals surface area contributed by atoms with Crippen molar-refractivity contribution >= 4 is 22.9 Å². The predicted molar refractivity (Wildman–Crippen MR) is 71.0 cm³/mol. The highest BCUT2D eigenvalue weighted by atomic mass is 35.5. The zero-order valence-electron chi connectivity index (χ0n) is 9.41. The lowest BCUT2D eigenvalue weighted by Crippen LogP contribution is -2.17. The van der Waals surface area contributed by atoms with Crippen LogP contribution in [0, 0.1) is 5.82 Å². The average molecular weight is 270 g/mol. The third-order valence-electron chi connectivity index (χ3n) is 2.61. The molecule has 0 saturated heterocycles. The molecule has 0 amide bonds. The van der Waals surface area contributed by atoms with Gasteiger partial charge in [-0.05, 0) is 36.1 Å². The van der Waals surface area contributed by atoms with Crippen LogP contribution in [0.1, 0.15) is 23.4 Å². The molecule has 1 unspecified atom stereocenters. The fraction of sp³-hybridized carbons (Fsp3) is 0.231. The highest BCUT2D eigenvalue weighted by molar-refractivity contribution is 7.10. The number of hydrogen-bond acceptors (Lipinski definition) is 2. The third kappa shape index (κ3) is 3.28. The van der Waals surface area contributed by atoms with Crippen LogP contribution in [0.15, 0.2) is 35.7 Å². The average Bonchev–Trinajstić information content (AvgIpc) is 2.72. The molecule has 2 aromatic rings. The Morgan fingerprint density at radius 3 is 2.88 bits per heavy atom. The Bertz CT molecular complexity index is 498. The highest BCUT2D eigenvalue weighted by Crippen LogP contribution is 2.23. The number of thiophene rings is 1. The maximum Gasteiger partial charge on any atom is 0.123 e. The summed E-state index contributed by atoms with van der Waals surface area (Å²) in [5, 5.41) is 6.08. The molecular formula is C13H13ClFNS. The van der Waals surface area contributed by atoms with Gasteiger partial charge in [-0.2, -0.15) is 0 Å². The summed E-state index contributed by atoms with van der Waals surface area (Å²) < 4.78 is 13.1. The first-order chi connectivity index (χ1) is 8.16. The molecule has 1 aromatic carbocycles. The van der Waals surface area contributed by atoms with E-state index in [1.165, 1.54) is 6.07 Å². The number of hydrogen-bond donors (Lipinski definition) is 1. The number of benzene rings is 1. The summed E-state index contributed by atoms with van der Waals surface area (Å²) in [6.45, 7) is 2.71. The van der Waals surface area contributed by atoms with Crippen molar-refractivity contribution in [2.45, 2.75) is 19.5 Å². The van der Waals surface area contributed by atoms with E-state index in [9.17, 15) is 4.39 Å². The van der Waals surface area contributed by atoms with Crippen LogP contribution in [-0.2, 0) is 6.54 Å². The van der Waals surface area contributed by atoms with Crippen LogP contribution in [0.5, 0.6) is 0 Å². The molecule has 17 heavy (non-hydrogen) atoms. The summed E-state index contributed by atoms with van der Waals surface area (Å²) in [4.78, 5) is 1.11. The molecule has 1 heterocycles. The lowest BCUT2D eigenvalue weighted by molar-refractivity contribution is 0.568. The topological polar surface area (TPSA) is 12.0 Å². The SMILES string of the molecule is CC(NCc1sccc1Cl)c1cccc(F)c1. The number of nitrogens with one attached hydrogen (secondary N) is 1. The van der Waals surface area contributed by atoms with E-state index in [1.807, 2.05) is 24.4 Å². The van der Waals surface area contributed by atoms with Gasteiger partial charge < -0.3 is 5.32 Å². The van der Waals surface area contributed by atoms with Crippen LogP contribution in [0.25, 0.3) is 0 Å². The fourth-order valence-corrected chi connectivity index (χ4v) is 2.64. The summed E-state index contributed by atoms with van der Waals surface area (Å²) in [6.07, 6.45) is 0. The molecule has 0 spiro atoms. The Hall–Kier alpha value is -0.900. The monoisotopic (exact) mass is 269 g/mol. The van der Waals surface area contributed by atoms with Crippen LogP contribution >= 0.6 is 22.9 Å². The normalized spacial score (nSPS) is 12.6. The Kier molecular flexibility index (Phi) is 4.15. The molecule has 0 aliphatic heterocycles. The fourth-order valence-electron chi connectivity index (χ4n) is 1.59. The molecular weight excluding hydrogens is 257 g/mol. The zero-order chi connectivity index (χ0) is 12.3. The summed E-state index contributed by atoms with van der Waals surface area (Å²) in [5.41, 5.74) is 0.942. The van der Waals surface area contributed by atoms with Crippen LogP contribution in [0.2, 0.25) is 5.02 Å². The lowest BCUT2D eigenvalue weighted by Gasteiger charge is -2.13. The van der Waals surface area contributed by atoms with E-state index < -0.39 is 0 Å². The molecule has 0 saturated carbocycles. The van der Waals surface area contributed by atoms with E-state index in [4.69, 9.17) is 11.6 Å². The third-order valence-corrected chi connectivity index (χ3v) is 4.00. The van der Waals surface area contributed by atoms with Gasteiger partial charge in [0.15, 0.2) is 0 Å². The van der Waals surface area contributed by atoms with Gasteiger partial charge in [-0.15, -0.1) is 11.3 Å². The van der Waals surface area contributed by atoms with Gasteiger partial charge in [0.1, 0.15) is 5.82 Å². The molecule has 1 N–H and O–H groups in total. The molecule has 0 fully saturated rings. The molecule has 90 valence electrons. The van der Waals surface area contributed by atoms with Crippen molar-refractivity contribution in [2.75, 3.05) is 0 Å². The lowest BCUT2D eigenvalue weighted by atomic mass is 10.1. The first kappa shape index (κ1) is 12.6. The summed E-state index contributed by atoms with van der Waals surface area (Å²) in [5.74, 6) is -0.203. The minimum absolute atomic E-state index is 0.101. The van der Waals surface area contributed by atoms with Crippen molar-refractivity contribution in [3.63, 3.8) is 0 Å². The van der Waals surface area contributed by atoms with Crippen molar-refractivity contribution in [3.8, 4) is 0 Å². The van der Waals surface area contributed by atoms with Gasteiger partial charge in [0.05, 0.1) is 5.02 Å². The second kappa shape index (κ2) is 5.63. The van der Waals surface area contributed by atoms with Crippen molar-refractivity contribution in [2.24, 2.45) is 0 Å². The Balaban J connectivity index is 1.98. The Labute approximate surface area is 109 Å². The first-order valence-corrected chi connectivity index (χ1v) is 6.63. The van der Waals surface area contributed by atoms with E-state index in [0.717, 1.165) is 15.5 Å². The minimum Gasteiger partial charge on any atom is -0.305 e. The molecule has 2 rings (SSSR count). The van der Waals surface area contributed by atoms with Crippen LogP contribution in [0.4, 0.5) is 4.39 Å². The summed E-state index contributed by atoms with van der Waals surface area (Å²) in [6, 6.07) is 8.62. The molecule has 0 radical (unpaired) electrons. The number of halogens is 2. The van der Waals surface area contributed by atoms with Crippen LogP contribution < -0.4 is 5.32 Å². The second-order valence-corrected chi connectivity index (χ2v) is 5.26. The van der Waals surface area contributed by atoms with Gasteiger partial charge in [-0.3, -0.25) is 0 Å². The van der Waals surface area contributed by atoms with Crippen molar-refractivity contribution in [1.29, 1.82) is 0 Å². The van der Waals surface area contributed by atoms with E-state index in [0.29, 0.717) is 6.54 Å². The maximum atomic E-state index is 13.1. The molecule has 1 nitrogen and oxygen atoms in total. The quantitative estimate of drug-likeness (QED) is 0.868. The Morgan fingerprint density at radius 2 is 2.24 bits per heavy atom. The van der Waals surface area contributed by atoms with Crippen molar-refractivity contribution < 1.29 is 4.39 Å².